The lowest BCUT2D eigenvalue weighted by atomic mass is 10.2. The lowest BCUT2D eigenvalue weighted by Crippen LogP contribution is -2.36. The van der Waals surface area contributed by atoms with Gasteiger partial charge in [-0.3, -0.25) is 0 Å². The van der Waals surface area contributed by atoms with Crippen LogP contribution in [0.5, 0.6) is 5.75 Å². The Labute approximate surface area is 130 Å². The van der Waals surface area contributed by atoms with Crippen molar-refractivity contribution >= 4 is 10.0 Å². The Bertz CT molecular complexity index is 732. The Morgan fingerprint density at radius 2 is 1.86 bits per heavy atom. The first-order valence-corrected chi connectivity index (χ1v) is 8.33. The molecule has 0 amide bonds. The molecule has 4 nitrogen and oxygen atoms in total. The second-order valence-corrected chi connectivity index (χ2v) is 6.77. The van der Waals surface area contributed by atoms with Crippen molar-refractivity contribution in [3.05, 3.63) is 59.9 Å². The topological polar surface area (TPSA) is 55.4 Å². The fourth-order valence-corrected chi connectivity index (χ4v) is 3.20. The number of aryl methyl sites for hydroxylation is 1. The zero-order valence-electron chi connectivity index (χ0n) is 12.4. The van der Waals surface area contributed by atoms with E-state index in [1.165, 1.54) is 19.1 Å². The zero-order valence-corrected chi connectivity index (χ0v) is 13.2. The molecule has 6 heteroatoms. The molecule has 22 heavy (non-hydrogen) atoms. The smallest absolute Gasteiger partial charge is 0.240 e. The molecule has 0 aliphatic rings. The van der Waals surface area contributed by atoms with Crippen LogP contribution in [0.3, 0.4) is 0 Å². The number of nitrogens with one attached hydrogen (secondary N) is 1. The molecular formula is C16H18FNO3S. The van der Waals surface area contributed by atoms with Crippen molar-refractivity contribution < 1.29 is 17.5 Å². The van der Waals surface area contributed by atoms with Gasteiger partial charge in [-0.2, -0.15) is 0 Å². The first-order valence-electron chi connectivity index (χ1n) is 6.85. The maximum absolute atomic E-state index is 13.2. The Balaban J connectivity index is 2.00. The highest BCUT2D eigenvalue weighted by Gasteiger charge is 2.18. The minimum atomic E-state index is -3.70. The van der Waals surface area contributed by atoms with E-state index in [-0.39, 0.29) is 17.1 Å². The molecule has 0 spiro atoms. The van der Waals surface area contributed by atoms with Crippen LogP contribution in [0.15, 0.2) is 53.4 Å². The Morgan fingerprint density at radius 1 is 1.18 bits per heavy atom. The number of hydrogen-bond donors (Lipinski definition) is 1. The Kier molecular flexibility index (Phi) is 5.15. The summed E-state index contributed by atoms with van der Waals surface area (Å²) in [6.45, 7) is 3.43. The van der Waals surface area contributed by atoms with Crippen LogP contribution in [-0.4, -0.2) is 21.1 Å². The van der Waals surface area contributed by atoms with Crippen molar-refractivity contribution in [2.75, 3.05) is 6.61 Å². The number of rotatable bonds is 6. The van der Waals surface area contributed by atoms with Crippen molar-refractivity contribution in [3.8, 4) is 5.75 Å². The van der Waals surface area contributed by atoms with E-state index in [4.69, 9.17) is 4.74 Å². The fraction of sp³-hybridized carbons (Fsp3) is 0.250. The molecule has 0 fully saturated rings. The van der Waals surface area contributed by atoms with Crippen LogP contribution >= 0.6 is 0 Å². The van der Waals surface area contributed by atoms with E-state index in [9.17, 15) is 12.8 Å². The summed E-state index contributed by atoms with van der Waals surface area (Å²) in [5.74, 6) is 0.241. The zero-order chi connectivity index (χ0) is 16.2. The summed E-state index contributed by atoms with van der Waals surface area (Å²) in [7, 11) is -3.70. The van der Waals surface area contributed by atoms with Gasteiger partial charge in [0.05, 0.1) is 10.9 Å². The second kappa shape index (κ2) is 6.89. The number of benzene rings is 2. The van der Waals surface area contributed by atoms with Crippen molar-refractivity contribution in [1.82, 2.24) is 4.72 Å². The fourth-order valence-electron chi connectivity index (χ4n) is 1.89. The molecule has 0 bridgehead atoms. The largest absolute Gasteiger partial charge is 0.492 e. The van der Waals surface area contributed by atoms with Crippen LogP contribution in [0.4, 0.5) is 4.39 Å². The molecule has 0 saturated carbocycles. The molecule has 1 atom stereocenters. The number of hydrogen-bond acceptors (Lipinski definition) is 3. The van der Waals surface area contributed by atoms with Crippen molar-refractivity contribution in [2.45, 2.75) is 24.8 Å². The summed E-state index contributed by atoms with van der Waals surface area (Å²) in [4.78, 5) is 0.0398. The second-order valence-electron chi connectivity index (χ2n) is 5.06. The van der Waals surface area contributed by atoms with Gasteiger partial charge in [-0.25, -0.2) is 17.5 Å². The summed E-state index contributed by atoms with van der Waals surface area (Å²) >= 11 is 0. The molecule has 2 rings (SSSR count). The number of ether oxygens (including phenoxy) is 1. The van der Waals surface area contributed by atoms with Gasteiger partial charge in [-0.1, -0.05) is 18.2 Å². The van der Waals surface area contributed by atoms with Crippen LogP contribution in [0.2, 0.25) is 0 Å². The first-order chi connectivity index (χ1) is 10.4. The standard InChI is InChI=1S/C16H18FNO3S/c1-12-10-15(8-9-16(12)17)22(19,20)18-13(2)11-21-14-6-4-3-5-7-14/h3-10,13,18H,11H2,1-2H3/t13-/m0/s1. The highest BCUT2D eigenvalue weighted by molar-refractivity contribution is 7.89. The van der Waals surface area contributed by atoms with Gasteiger partial charge in [0.1, 0.15) is 18.2 Å². The number of para-hydroxylation sites is 1. The molecule has 0 radical (unpaired) electrons. The minimum absolute atomic E-state index is 0.0398. The van der Waals surface area contributed by atoms with Gasteiger partial charge < -0.3 is 4.74 Å². The van der Waals surface area contributed by atoms with Crippen LogP contribution < -0.4 is 9.46 Å². The van der Waals surface area contributed by atoms with Gasteiger partial charge in [0.25, 0.3) is 0 Å². The molecule has 0 unspecified atom stereocenters. The van der Waals surface area contributed by atoms with Gasteiger partial charge in [-0.15, -0.1) is 0 Å². The predicted octanol–water partition coefficient (Wildman–Crippen LogP) is 2.88. The SMILES string of the molecule is Cc1cc(S(=O)(=O)N[C@@H](C)COc2ccccc2)ccc1F. The van der Waals surface area contributed by atoms with Crippen LogP contribution in [0.25, 0.3) is 0 Å². The van der Waals surface area contributed by atoms with Gasteiger partial charge in [0.15, 0.2) is 0 Å². The number of halogens is 1. The van der Waals surface area contributed by atoms with Crippen LogP contribution in [-0.2, 0) is 10.0 Å². The van der Waals surface area contributed by atoms with Gasteiger partial charge in [0.2, 0.25) is 10.0 Å². The summed E-state index contributed by atoms with van der Waals surface area (Å²) < 4.78 is 45.7. The van der Waals surface area contributed by atoms with E-state index in [1.54, 1.807) is 19.1 Å². The van der Waals surface area contributed by atoms with E-state index in [2.05, 4.69) is 4.72 Å². The summed E-state index contributed by atoms with van der Waals surface area (Å²) in [6, 6.07) is 12.4. The molecule has 2 aromatic rings. The molecule has 0 aliphatic carbocycles. The highest BCUT2D eigenvalue weighted by atomic mass is 32.2. The normalized spacial score (nSPS) is 12.9. The van der Waals surface area contributed by atoms with Crippen LogP contribution in [0, 0.1) is 12.7 Å². The quantitative estimate of drug-likeness (QED) is 0.889. The third kappa shape index (κ3) is 4.29. The Hall–Kier alpha value is -1.92. The third-order valence-electron chi connectivity index (χ3n) is 3.04. The molecule has 0 aromatic heterocycles. The first kappa shape index (κ1) is 16.5. The van der Waals surface area contributed by atoms with Crippen LogP contribution in [0.1, 0.15) is 12.5 Å². The summed E-state index contributed by atoms with van der Waals surface area (Å²) in [5.41, 5.74) is 0.288. The predicted molar refractivity (Wildman–Crippen MR) is 82.9 cm³/mol. The van der Waals surface area contributed by atoms with Gasteiger partial charge >= 0.3 is 0 Å². The lowest BCUT2D eigenvalue weighted by Gasteiger charge is -2.15. The maximum atomic E-state index is 13.2. The number of sulfonamides is 1. The minimum Gasteiger partial charge on any atom is -0.492 e. The highest BCUT2D eigenvalue weighted by Crippen LogP contribution is 2.15. The maximum Gasteiger partial charge on any atom is 0.240 e. The summed E-state index contributed by atoms with van der Waals surface area (Å²) in [6.07, 6.45) is 0. The third-order valence-corrected chi connectivity index (χ3v) is 4.63. The van der Waals surface area contributed by atoms with E-state index in [0.29, 0.717) is 5.75 Å². The average molecular weight is 323 g/mol. The average Bonchev–Trinajstić information content (AvgIpc) is 2.48. The molecule has 1 N–H and O–H groups in total. The summed E-state index contributed by atoms with van der Waals surface area (Å²) in [5, 5.41) is 0. The van der Waals surface area contributed by atoms with Gasteiger partial charge in [-0.05, 0) is 49.7 Å². The van der Waals surface area contributed by atoms with Crippen molar-refractivity contribution in [3.63, 3.8) is 0 Å². The Morgan fingerprint density at radius 3 is 2.50 bits per heavy atom. The van der Waals surface area contributed by atoms with E-state index in [1.807, 2.05) is 18.2 Å². The van der Waals surface area contributed by atoms with Gasteiger partial charge in [0, 0.05) is 0 Å². The monoisotopic (exact) mass is 323 g/mol. The molecule has 0 aliphatic heterocycles. The molecule has 118 valence electrons. The van der Waals surface area contributed by atoms with E-state index in [0.717, 1.165) is 6.07 Å². The molecular weight excluding hydrogens is 305 g/mol. The van der Waals surface area contributed by atoms with E-state index < -0.39 is 21.9 Å². The van der Waals surface area contributed by atoms with Crippen molar-refractivity contribution in [2.24, 2.45) is 0 Å². The van der Waals surface area contributed by atoms with Crippen molar-refractivity contribution in [1.29, 1.82) is 0 Å². The van der Waals surface area contributed by atoms with E-state index >= 15 is 0 Å². The lowest BCUT2D eigenvalue weighted by molar-refractivity contribution is 0.287. The molecule has 0 heterocycles. The molecule has 0 saturated heterocycles. The molecule has 2 aromatic carbocycles.